The van der Waals surface area contributed by atoms with Crippen LogP contribution in [-0.4, -0.2) is 23.9 Å². The van der Waals surface area contributed by atoms with Crippen LogP contribution in [0.15, 0.2) is 24.3 Å². The predicted molar refractivity (Wildman–Crippen MR) is 68.0 cm³/mol. The van der Waals surface area contributed by atoms with Crippen LogP contribution in [0.25, 0.3) is 0 Å². The number of likely N-dealkylation sites (tertiary alicyclic amines) is 1. The van der Waals surface area contributed by atoms with Gasteiger partial charge in [-0.3, -0.25) is 4.90 Å². The van der Waals surface area contributed by atoms with Gasteiger partial charge in [0.2, 0.25) is 0 Å². The summed E-state index contributed by atoms with van der Waals surface area (Å²) in [6, 6.07) is 5.05. The zero-order valence-electron chi connectivity index (χ0n) is 11.4. The lowest BCUT2D eigenvalue weighted by molar-refractivity contribution is -0.137. The molecular weight excluding hydrogens is 289 g/mol. The van der Waals surface area contributed by atoms with E-state index in [0.29, 0.717) is 32.5 Å². The summed E-state index contributed by atoms with van der Waals surface area (Å²) in [6.45, 7) is 1.67. The Morgan fingerprint density at radius 3 is 1.95 bits per heavy atom. The van der Waals surface area contributed by atoms with E-state index in [-0.39, 0.29) is 6.42 Å². The second kappa shape index (κ2) is 4.66. The Labute approximate surface area is 119 Å². The molecule has 1 aromatic rings. The molecule has 1 aliphatic carbocycles. The molecule has 0 atom stereocenters. The number of hydrogen-bond donors (Lipinski definition) is 0. The highest BCUT2D eigenvalue weighted by Gasteiger charge is 2.70. The highest BCUT2D eigenvalue weighted by molar-refractivity contribution is 5.24. The lowest BCUT2D eigenvalue weighted by Crippen LogP contribution is -2.36. The fourth-order valence-corrected chi connectivity index (χ4v) is 3.12. The van der Waals surface area contributed by atoms with Crippen molar-refractivity contribution in [1.82, 2.24) is 4.90 Å². The average Bonchev–Trinajstić information content (AvgIpc) is 2.93. The summed E-state index contributed by atoms with van der Waals surface area (Å²) in [7, 11) is 0. The van der Waals surface area contributed by atoms with E-state index in [9.17, 15) is 22.0 Å². The van der Waals surface area contributed by atoms with Crippen molar-refractivity contribution in [2.75, 3.05) is 13.1 Å². The molecule has 1 heterocycles. The number of halogens is 5. The van der Waals surface area contributed by atoms with E-state index in [4.69, 9.17) is 0 Å². The highest BCUT2D eigenvalue weighted by atomic mass is 19.4. The van der Waals surface area contributed by atoms with Gasteiger partial charge in [-0.05, 0) is 43.6 Å². The first-order valence-electron chi connectivity index (χ1n) is 6.98. The Kier molecular flexibility index (Phi) is 3.28. The molecule has 1 spiro atoms. The molecule has 3 rings (SSSR count). The van der Waals surface area contributed by atoms with E-state index in [1.54, 1.807) is 0 Å². The Morgan fingerprint density at radius 2 is 1.52 bits per heavy atom. The summed E-state index contributed by atoms with van der Waals surface area (Å²) >= 11 is 0. The number of hydrogen-bond acceptors (Lipinski definition) is 1. The number of nitrogens with zero attached hydrogens (tertiary/aromatic N) is 1. The lowest BCUT2D eigenvalue weighted by atomic mass is 9.92. The number of benzene rings is 1. The molecule has 21 heavy (non-hydrogen) atoms. The second-order valence-corrected chi connectivity index (χ2v) is 6.13. The van der Waals surface area contributed by atoms with Gasteiger partial charge in [-0.1, -0.05) is 12.1 Å². The fraction of sp³-hybridized carbons (Fsp3) is 0.600. The third-order valence-corrected chi connectivity index (χ3v) is 4.71. The summed E-state index contributed by atoms with van der Waals surface area (Å²) in [4.78, 5) is 2.03. The van der Waals surface area contributed by atoms with Gasteiger partial charge in [-0.2, -0.15) is 13.2 Å². The maximum atomic E-state index is 13.3. The van der Waals surface area contributed by atoms with Gasteiger partial charge in [0, 0.05) is 18.4 Å². The Bertz CT molecular complexity index is 512. The molecule has 1 saturated heterocycles. The number of alkyl halides is 5. The Hall–Kier alpha value is -1.17. The first-order valence-corrected chi connectivity index (χ1v) is 6.98. The Morgan fingerprint density at radius 1 is 1.00 bits per heavy atom. The highest BCUT2D eigenvalue weighted by Crippen LogP contribution is 2.65. The minimum Gasteiger partial charge on any atom is -0.299 e. The molecule has 0 aromatic heterocycles. The first-order chi connectivity index (χ1) is 9.72. The molecule has 0 radical (unpaired) electrons. The van der Waals surface area contributed by atoms with Gasteiger partial charge >= 0.3 is 6.18 Å². The van der Waals surface area contributed by atoms with Gasteiger partial charge < -0.3 is 0 Å². The molecule has 1 aliphatic heterocycles. The predicted octanol–water partition coefficient (Wildman–Crippen LogP) is 4.33. The quantitative estimate of drug-likeness (QED) is 0.735. The molecule has 1 aromatic carbocycles. The van der Waals surface area contributed by atoms with Crippen LogP contribution in [0, 0.1) is 5.41 Å². The summed E-state index contributed by atoms with van der Waals surface area (Å²) in [6.07, 6.45) is -3.39. The van der Waals surface area contributed by atoms with Crippen molar-refractivity contribution >= 4 is 0 Å². The normalized spacial score (nSPS) is 24.2. The van der Waals surface area contributed by atoms with E-state index >= 15 is 0 Å². The molecule has 1 saturated carbocycles. The molecule has 2 fully saturated rings. The summed E-state index contributed by atoms with van der Waals surface area (Å²) in [5.74, 6) is -2.51. The molecule has 0 bridgehead atoms. The third-order valence-electron chi connectivity index (χ3n) is 4.71. The van der Waals surface area contributed by atoms with Gasteiger partial charge in [0.15, 0.2) is 0 Å². The van der Waals surface area contributed by atoms with Crippen molar-refractivity contribution in [1.29, 1.82) is 0 Å². The van der Waals surface area contributed by atoms with Crippen LogP contribution in [0.1, 0.15) is 30.4 Å². The smallest absolute Gasteiger partial charge is 0.299 e. The van der Waals surface area contributed by atoms with Crippen molar-refractivity contribution in [3.63, 3.8) is 0 Å². The van der Waals surface area contributed by atoms with E-state index in [1.165, 1.54) is 12.1 Å². The number of rotatable bonds is 2. The van der Waals surface area contributed by atoms with Crippen LogP contribution < -0.4 is 0 Å². The first kappa shape index (κ1) is 14.8. The van der Waals surface area contributed by atoms with E-state index in [0.717, 1.165) is 17.7 Å². The van der Waals surface area contributed by atoms with Crippen LogP contribution in [0.2, 0.25) is 0 Å². The van der Waals surface area contributed by atoms with Crippen LogP contribution in [0.5, 0.6) is 0 Å². The minimum atomic E-state index is -4.33. The van der Waals surface area contributed by atoms with Gasteiger partial charge in [-0.25, -0.2) is 8.78 Å². The van der Waals surface area contributed by atoms with Crippen LogP contribution in [-0.2, 0) is 12.7 Å². The summed E-state index contributed by atoms with van der Waals surface area (Å²) < 4.78 is 63.9. The van der Waals surface area contributed by atoms with E-state index in [1.807, 2.05) is 4.90 Å². The second-order valence-electron chi connectivity index (χ2n) is 6.13. The van der Waals surface area contributed by atoms with Crippen LogP contribution in [0.4, 0.5) is 22.0 Å². The molecule has 1 nitrogen and oxygen atoms in total. The summed E-state index contributed by atoms with van der Waals surface area (Å²) in [5, 5.41) is 0. The van der Waals surface area contributed by atoms with Crippen molar-refractivity contribution in [2.45, 2.75) is 37.9 Å². The minimum absolute atomic E-state index is 0.00583. The zero-order valence-corrected chi connectivity index (χ0v) is 11.4. The van der Waals surface area contributed by atoms with E-state index < -0.39 is 23.1 Å². The molecule has 6 heteroatoms. The van der Waals surface area contributed by atoms with Gasteiger partial charge in [0.25, 0.3) is 5.92 Å². The average molecular weight is 305 g/mol. The van der Waals surface area contributed by atoms with E-state index in [2.05, 4.69) is 0 Å². The summed E-state index contributed by atoms with van der Waals surface area (Å²) in [5.41, 5.74) is -0.674. The van der Waals surface area contributed by atoms with Crippen molar-refractivity contribution < 1.29 is 22.0 Å². The third kappa shape index (κ3) is 2.78. The van der Waals surface area contributed by atoms with Gasteiger partial charge in [0.1, 0.15) is 0 Å². The molecule has 116 valence electrons. The molecule has 0 unspecified atom stereocenters. The van der Waals surface area contributed by atoms with Crippen molar-refractivity contribution in [3.05, 3.63) is 35.4 Å². The molecule has 0 N–H and O–H groups in total. The standard InChI is InChI=1S/C15H16F5N/c16-14(17)10-13(14)5-7-21(8-6-13)9-11-1-3-12(4-2-11)15(18,19)20/h1-4H,5-10H2. The maximum Gasteiger partial charge on any atom is 0.416 e. The monoisotopic (exact) mass is 305 g/mol. The molecular formula is C15H16F5N. The van der Waals surface area contributed by atoms with Crippen molar-refractivity contribution in [3.8, 4) is 0 Å². The topological polar surface area (TPSA) is 3.24 Å². The van der Waals surface area contributed by atoms with Gasteiger partial charge in [-0.15, -0.1) is 0 Å². The van der Waals surface area contributed by atoms with Crippen LogP contribution >= 0.6 is 0 Å². The SMILES string of the molecule is FC(F)(F)c1ccc(CN2CCC3(CC2)CC3(F)F)cc1. The fourth-order valence-electron chi connectivity index (χ4n) is 3.12. The largest absolute Gasteiger partial charge is 0.416 e. The molecule has 0 amide bonds. The lowest BCUT2D eigenvalue weighted by Gasteiger charge is -2.32. The maximum absolute atomic E-state index is 13.3. The number of piperidine rings is 1. The zero-order chi connectivity index (χ0) is 15.3. The van der Waals surface area contributed by atoms with Crippen molar-refractivity contribution in [2.24, 2.45) is 5.41 Å². The van der Waals surface area contributed by atoms with Crippen LogP contribution in [0.3, 0.4) is 0 Å². The van der Waals surface area contributed by atoms with Gasteiger partial charge in [0.05, 0.1) is 5.56 Å². The molecule has 2 aliphatic rings. The Balaban J connectivity index is 1.56.